The molecule has 0 aliphatic carbocycles. The number of nitrogens with zero attached hydrogens (tertiary/aromatic N) is 1. The van der Waals surface area contributed by atoms with Gasteiger partial charge in [-0.3, -0.25) is 10.2 Å². The number of carbonyl (C=O) groups is 2. The Bertz CT molecular complexity index is 874. The number of benzene rings is 2. The number of ether oxygens (including phenoxy) is 1. The summed E-state index contributed by atoms with van der Waals surface area (Å²) < 4.78 is 10.1. The van der Waals surface area contributed by atoms with Crippen LogP contribution in [0.15, 0.2) is 53.1 Å². The molecule has 0 unspecified atom stereocenters. The zero-order valence-electron chi connectivity index (χ0n) is 12.9. The Hall–Kier alpha value is -3.35. The fourth-order valence-electron chi connectivity index (χ4n) is 2.23. The maximum Gasteiger partial charge on any atom is 0.426 e. The largest absolute Gasteiger partial charge is 0.449 e. The molecule has 0 spiro atoms. The van der Waals surface area contributed by atoms with Gasteiger partial charge in [0.2, 0.25) is 0 Å². The van der Waals surface area contributed by atoms with Crippen LogP contribution in [0.3, 0.4) is 0 Å². The van der Waals surface area contributed by atoms with Crippen molar-refractivity contribution in [3.05, 3.63) is 54.1 Å². The summed E-state index contributed by atoms with van der Waals surface area (Å²) >= 11 is 0. The molecule has 7 heteroatoms. The fraction of sp³-hybridized carbons (Fsp3) is 0.118. The first-order valence-electron chi connectivity index (χ1n) is 7.37. The van der Waals surface area contributed by atoms with Gasteiger partial charge >= 0.3 is 6.09 Å². The Kier molecular flexibility index (Phi) is 4.42. The molecule has 0 aliphatic rings. The minimum absolute atomic E-state index is 0.217. The van der Waals surface area contributed by atoms with Gasteiger partial charge in [0.25, 0.3) is 5.91 Å². The van der Waals surface area contributed by atoms with Crippen LogP contribution in [0.4, 0.5) is 4.79 Å². The molecule has 0 saturated carbocycles. The van der Waals surface area contributed by atoms with Crippen molar-refractivity contribution in [3.8, 4) is 11.3 Å². The average Bonchev–Trinajstić information content (AvgIpc) is 3.04. The lowest BCUT2D eigenvalue weighted by Gasteiger charge is -2.07. The number of aromatic nitrogens is 1. The maximum absolute atomic E-state index is 12.1. The molecule has 0 radical (unpaired) electrons. The van der Waals surface area contributed by atoms with Crippen molar-refractivity contribution in [1.82, 2.24) is 16.0 Å². The quantitative estimate of drug-likeness (QED) is 0.722. The first-order valence-corrected chi connectivity index (χ1v) is 7.37. The van der Waals surface area contributed by atoms with Gasteiger partial charge in [0, 0.05) is 11.1 Å². The second-order valence-corrected chi connectivity index (χ2v) is 4.91. The van der Waals surface area contributed by atoms with E-state index >= 15 is 0 Å². The van der Waals surface area contributed by atoms with Crippen LogP contribution >= 0.6 is 0 Å². The molecule has 24 heavy (non-hydrogen) atoms. The molecule has 122 valence electrons. The van der Waals surface area contributed by atoms with E-state index < -0.39 is 12.0 Å². The minimum atomic E-state index is -0.720. The number of amides is 2. The van der Waals surface area contributed by atoms with Crippen molar-refractivity contribution in [2.75, 3.05) is 6.61 Å². The highest BCUT2D eigenvalue weighted by molar-refractivity contribution is 6.01. The topological polar surface area (TPSA) is 93.5 Å². The predicted octanol–water partition coefficient (Wildman–Crippen LogP) is 2.89. The van der Waals surface area contributed by atoms with Crippen LogP contribution in [-0.4, -0.2) is 23.8 Å². The molecule has 2 aromatic carbocycles. The number of hydrogen-bond donors (Lipinski definition) is 2. The monoisotopic (exact) mass is 325 g/mol. The van der Waals surface area contributed by atoms with E-state index in [1.807, 2.05) is 30.3 Å². The lowest BCUT2D eigenvalue weighted by Crippen LogP contribution is -2.41. The summed E-state index contributed by atoms with van der Waals surface area (Å²) in [6, 6.07) is 14.4. The zero-order chi connectivity index (χ0) is 16.9. The molecule has 3 aromatic rings. The van der Waals surface area contributed by atoms with E-state index in [9.17, 15) is 9.59 Å². The average molecular weight is 325 g/mol. The molecule has 2 amide bonds. The summed E-state index contributed by atoms with van der Waals surface area (Å²) in [5.41, 5.74) is 6.32. The van der Waals surface area contributed by atoms with E-state index in [-0.39, 0.29) is 6.61 Å². The number of fused-ring (bicyclic) bond motifs is 1. The zero-order valence-corrected chi connectivity index (χ0v) is 12.9. The van der Waals surface area contributed by atoms with Gasteiger partial charge in [-0.05, 0) is 25.1 Å². The molecule has 0 atom stereocenters. The number of hydrogen-bond acceptors (Lipinski definition) is 5. The van der Waals surface area contributed by atoms with E-state index in [1.165, 1.54) is 0 Å². The molecule has 7 nitrogen and oxygen atoms in total. The Labute approximate surface area is 137 Å². The van der Waals surface area contributed by atoms with Crippen molar-refractivity contribution in [3.63, 3.8) is 0 Å². The Balaban J connectivity index is 1.85. The molecular weight excluding hydrogens is 310 g/mol. The predicted molar refractivity (Wildman–Crippen MR) is 87.1 cm³/mol. The van der Waals surface area contributed by atoms with Crippen LogP contribution in [0.25, 0.3) is 22.2 Å². The molecule has 0 aliphatic heterocycles. The van der Waals surface area contributed by atoms with Crippen LogP contribution in [0.2, 0.25) is 0 Å². The highest BCUT2D eigenvalue weighted by Gasteiger charge is 2.14. The van der Waals surface area contributed by atoms with E-state index in [0.717, 1.165) is 5.56 Å². The van der Waals surface area contributed by atoms with Gasteiger partial charge in [-0.15, -0.1) is 0 Å². The van der Waals surface area contributed by atoms with Crippen molar-refractivity contribution in [2.24, 2.45) is 0 Å². The smallest absolute Gasteiger partial charge is 0.426 e. The highest BCUT2D eigenvalue weighted by atomic mass is 16.6. The standard InChI is InChI=1S/C17H15N3O4/c1-2-23-17(22)19-18-16(21)12-8-9-14-13(10-12)15(24-20-14)11-6-4-3-5-7-11/h3-10H,2H2,1H3,(H,18,21)(H,19,22). The molecule has 1 aromatic heterocycles. The number of hydrazine groups is 1. The van der Waals surface area contributed by atoms with Crippen LogP contribution in [0, 0.1) is 0 Å². The third-order valence-corrected chi connectivity index (χ3v) is 3.33. The van der Waals surface area contributed by atoms with Gasteiger partial charge in [0.05, 0.1) is 12.0 Å². The molecule has 2 N–H and O–H groups in total. The maximum atomic E-state index is 12.1. The summed E-state index contributed by atoms with van der Waals surface area (Å²) in [5.74, 6) is 0.115. The van der Waals surface area contributed by atoms with Crippen molar-refractivity contribution in [1.29, 1.82) is 0 Å². The van der Waals surface area contributed by atoms with Crippen molar-refractivity contribution < 1.29 is 18.8 Å². The third kappa shape index (κ3) is 3.19. The molecular formula is C17H15N3O4. The molecule has 0 fully saturated rings. The Morgan fingerprint density at radius 3 is 2.67 bits per heavy atom. The second-order valence-electron chi connectivity index (χ2n) is 4.91. The minimum Gasteiger partial charge on any atom is -0.449 e. The van der Waals surface area contributed by atoms with Gasteiger partial charge in [-0.2, -0.15) is 0 Å². The van der Waals surface area contributed by atoms with Crippen molar-refractivity contribution >= 4 is 22.9 Å². The normalized spacial score (nSPS) is 10.4. The van der Waals surface area contributed by atoms with Crippen molar-refractivity contribution in [2.45, 2.75) is 6.92 Å². The SMILES string of the molecule is CCOC(=O)NNC(=O)c1ccc2noc(-c3ccccc3)c2c1. The van der Waals surface area contributed by atoms with Gasteiger partial charge < -0.3 is 9.26 Å². The fourth-order valence-corrected chi connectivity index (χ4v) is 2.23. The van der Waals surface area contributed by atoms with Crippen LogP contribution in [0.1, 0.15) is 17.3 Å². The Morgan fingerprint density at radius 1 is 1.12 bits per heavy atom. The summed E-state index contributed by atoms with van der Waals surface area (Å²) in [6.45, 7) is 1.89. The second kappa shape index (κ2) is 6.82. The van der Waals surface area contributed by atoms with E-state index in [0.29, 0.717) is 22.2 Å². The molecule has 0 bridgehead atoms. The van der Waals surface area contributed by atoms with E-state index in [4.69, 9.17) is 4.52 Å². The lowest BCUT2D eigenvalue weighted by molar-refractivity contribution is 0.0913. The number of carbonyl (C=O) groups excluding carboxylic acids is 2. The van der Waals surface area contributed by atoms with E-state index in [2.05, 4.69) is 20.7 Å². The highest BCUT2D eigenvalue weighted by Crippen LogP contribution is 2.29. The number of nitrogens with one attached hydrogen (secondary N) is 2. The third-order valence-electron chi connectivity index (χ3n) is 3.33. The summed E-state index contributed by atoms with van der Waals surface area (Å²) in [4.78, 5) is 23.4. The van der Waals surface area contributed by atoms with Gasteiger partial charge in [-0.1, -0.05) is 35.5 Å². The molecule has 3 rings (SSSR count). The Morgan fingerprint density at radius 2 is 1.92 bits per heavy atom. The van der Waals surface area contributed by atoms with Crippen LogP contribution in [0.5, 0.6) is 0 Å². The molecule has 1 heterocycles. The first kappa shape index (κ1) is 15.5. The van der Waals surface area contributed by atoms with Crippen LogP contribution in [-0.2, 0) is 4.74 Å². The van der Waals surface area contributed by atoms with Crippen LogP contribution < -0.4 is 10.9 Å². The van der Waals surface area contributed by atoms with E-state index in [1.54, 1.807) is 25.1 Å². The number of rotatable bonds is 3. The lowest BCUT2D eigenvalue weighted by atomic mass is 10.1. The molecule has 0 saturated heterocycles. The summed E-state index contributed by atoms with van der Waals surface area (Å²) in [7, 11) is 0. The summed E-state index contributed by atoms with van der Waals surface area (Å²) in [5, 5.41) is 4.71. The van der Waals surface area contributed by atoms with Gasteiger partial charge in [0.1, 0.15) is 5.52 Å². The van der Waals surface area contributed by atoms with Gasteiger partial charge in [-0.25, -0.2) is 10.2 Å². The van der Waals surface area contributed by atoms with Gasteiger partial charge in [0.15, 0.2) is 5.76 Å². The summed E-state index contributed by atoms with van der Waals surface area (Å²) in [6.07, 6.45) is -0.720. The first-order chi connectivity index (χ1) is 11.7.